The summed E-state index contributed by atoms with van der Waals surface area (Å²) in [5.74, 6) is 0.475. The number of hydrogen-bond donors (Lipinski definition) is 0. The minimum absolute atomic E-state index is 0.198. The molecule has 8 nitrogen and oxygen atoms in total. The van der Waals surface area contributed by atoms with Gasteiger partial charge in [0, 0.05) is 23.2 Å². The minimum Gasteiger partial charge on any atom is -0.493 e. The Kier molecular flexibility index (Phi) is 8.97. The maximum atomic E-state index is 13.9. The average Bonchev–Trinajstić information content (AvgIpc) is 3.23. The fraction of sp³-hybridized carbons (Fsp3) is 0.345. The van der Waals surface area contributed by atoms with Crippen molar-refractivity contribution in [3.63, 3.8) is 0 Å². The van der Waals surface area contributed by atoms with Crippen LogP contribution in [0.1, 0.15) is 44.9 Å². The number of thiazole rings is 1. The Labute approximate surface area is 240 Å². The molecule has 0 saturated carbocycles. The van der Waals surface area contributed by atoms with Crippen LogP contribution >= 0.6 is 27.3 Å². The summed E-state index contributed by atoms with van der Waals surface area (Å²) in [6.07, 6.45) is 1.86. The smallest absolute Gasteiger partial charge is 0.338 e. The number of halogens is 1. The third kappa shape index (κ3) is 5.53. The lowest BCUT2D eigenvalue weighted by Crippen LogP contribution is -2.40. The van der Waals surface area contributed by atoms with Gasteiger partial charge in [-0.1, -0.05) is 39.4 Å². The van der Waals surface area contributed by atoms with Crippen molar-refractivity contribution in [1.82, 2.24) is 4.57 Å². The molecule has 2 aromatic carbocycles. The highest BCUT2D eigenvalue weighted by Gasteiger charge is 2.35. The molecule has 206 valence electrons. The second-order valence-electron chi connectivity index (χ2n) is 8.79. The number of carbonyl (C=O) groups excluding carboxylic acids is 1. The highest BCUT2D eigenvalue weighted by molar-refractivity contribution is 9.10. The molecule has 4 rings (SSSR count). The van der Waals surface area contributed by atoms with Crippen LogP contribution < -0.4 is 29.3 Å². The number of fused-ring (bicyclic) bond motifs is 1. The van der Waals surface area contributed by atoms with Gasteiger partial charge in [-0.15, -0.1) is 0 Å². The maximum absolute atomic E-state index is 13.9. The van der Waals surface area contributed by atoms with Gasteiger partial charge in [-0.25, -0.2) is 9.79 Å². The Balaban J connectivity index is 1.92. The molecule has 0 bridgehead atoms. The lowest BCUT2D eigenvalue weighted by atomic mass is 9.95. The Hall–Kier alpha value is -3.37. The molecule has 0 radical (unpaired) electrons. The van der Waals surface area contributed by atoms with E-state index in [1.54, 1.807) is 44.8 Å². The molecule has 1 aromatic heterocycles. The van der Waals surface area contributed by atoms with E-state index in [4.69, 9.17) is 14.2 Å². The summed E-state index contributed by atoms with van der Waals surface area (Å²) >= 11 is 4.91. The lowest BCUT2D eigenvalue weighted by Gasteiger charge is -2.26. The number of benzene rings is 2. The number of carbonyl (C=O) groups is 1. The fourth-order valence-corrected chi connectivity index (χ4v) is 6.27. The zero-order chi connectivity index (χ0) is 28.3. The number of methoxy groups -OCH3 is 2. The number of ether oxygens (including phenoxy) is 3. The normalized spacial score (nSPS) is 15.1. The molecule has 0 unspecified atom stereocenters. The molecule has 1 aliphatic heterocycles. The van der Waals surface area contributed by atoms with Gasteiger partial charge >= 0.3 is 5.97 Å². The second-order valence-corrected chi connectivity index (χ2v) is 10.7. The van der Waals surface area contributed by atoms with Crippen LogP contribution in [0.2, 0.25) is 0 Å². The summed E-state index contributed by atoms with van der Waals surface area (Å²) in [4.78, 5) is 34.5. The van der Waals surface area contributed by atoms with Crippen molar-refractivity contribution in [2.45, 2.75) is 33.7 Å². The van der Waals surface area contributed by atoms with Crippen molar-refractivity contribution in [2.24, 2.45) is 4.99 Å². The van der Waals surface area contributed by atoms with E-state index in [-0.39, 0.29) is 12.2 Å². The fourth-order valence-electron chi connectivity index (χ4n) is 4.69. The first-order valence-electron chi connectivity index (χ1n) is 12.7. The van der Waals surface area contributed by atoms with Crippen molar-refractivity contribution in [3.8, 4) is 11.5 Å². The van der Waals surface area contributed by atoms with E-state index in [2.05, 4.69) is 51.8 Å². The molecular weight excluding hydrogens is 582 g/mol. The van der Waals surface area contributed by atoms with Gasteiger partial charge in [0.15, 0.2) is 16.3 Å². The SMILES string of the molecule is CCOC(=O)C1=C(C)N=c2s/c(=C\c3ccc(N(CC)CC)cc3)c(=O)n2[C@@H]1c1cc(OC)c(OC)cc1Br. The Bertz CT molecular complexity index is 1590. The molecule has 0 aliphatic carbocycles. The number of hydrogen-bond acceptors (Lipinski definition) is 8. The van der Waals surface area contributed by atoms with Crippen molar-refractivity contribution in [3.05, 3.63) is 83.0 Å². The van der Waals surface area contributed by atoms with Gasteiger partial charge in [0.2, 0.25) is 0 Å². The van der Waals surface area contributed by atoms with Crippen molar-refractivity contribution < 1.29 is 19.0 Å². The summed E-state index contributed by atoms with van der Waals surface area (Å²) in [6.45, 7) is 9.79. The van der Waals surface area contributed by atoms with Gasteiger partial charge in [-0.3, -0.25) is 9.36 Å². The van der Waals surface area contributed by atoms with E-state index in [1.165, 1.54) is 11.3 Å². The number of nitrogens with zero attached hydrogens (tertiary/aromatic N) is 3. The number of esters is 1. The third-order valence-corrected chi connectivity index (χ3v) is 8.30. The molecule has 1 aliphatic rings. The first-order valence-corrected chi connectivity index (χ1v) is 14.3. The van der Waals surface area contributed by atoms with Gasteiger partial charge in [-0.2, -0.15) is 0 Å². The Morgan fingerprint density at radius 2 is 1.74 bits per heavy atom. The molecule has 10 heteroatoms. The molecule has 0 spiro atoms. The Morgan fingerprint density at radius 1 is 1.10 bits per heavy atom. The number of allylic oxidation sites excluding steroid dienone is 1. The minimum atomic E-state index is -0.776. The Morgan fingerprint density at radius 3 is 2.33 bits per heavy atom. The van der Waals surface area contributed by atoms with Gasteiger partial charge in [0.05, 0.1) is 42.7 Å². The molecule has 0 fully saturated rings. The molecule has 0 N–H and O–H groups in total. The first kappa shape index (κ1) is 28.6. The molecule has 39 heavy (non-hydrogen) atoms. The maximum Gasteiger partial charge on any atom is 0.338 e. The van der Waals surface area contributed by atoms with Crippen LogP contribution in [0.4, 0.5) is 5.69 Å². The number of anilines is 1. The van der Waals surface area contributed by atoms with Crippen LogP contribution in [0.15, 0.2) is 61.9 Å². The van der Waals surface area contributed by atoms with Crippen LogP contribution in [0, 0.1) is 0 Å². The summed E-state index contributed by atoms with van der Waals surface area (Å²) < 4.78 is 19.1. The second kappa shape index (κ2) is 12.2. The van der Waals surface area contributed by atoms with Crippen LogP contribution in [0.25, 0.3) is 6.08 Å². The highest BCUT2D eigenvalue weighted by atomic mass is 79.9. The zero-order valence-corrected chi connectivity index (χ0v) is 25.3. The zero-order valence-electron chi connectivity index (χ0n) is 22.9. The molecule has 0 amide bonds. The third-order valence-electron chi connectivity index (χ3n) is 6.63. The summed E-state index contributed by atoms with van der Waals surface area (Å²) in [5, 5.41) is 0. The van der Waals surface area contributed by atoms with Crippen molar-refractivity contribution in [1.29, 1.82) is 0 Å². The van der Waals surface area contributed by atoms with E-state index < -0.39 is 12.0 Å². The van der Waals surface area contributed by atoms with Gasteiger partial charge in [-0.05, 0) is 69.2 Å². The standard InChI is InChI=1S/C29H32BrN3O5S/c1-7-32(8-2)19-12-10-18(11-13-19)14-24-27(34)33-26(20-15-22(36-5)23(37-6)16-21(20)30)25(28(35)38-9-3)17(4)31-29(33)39-24/h10-16,26H,7-9H2,1-6H3/b24-14-/t26-/m1/s1. The molecule has 3 aromatic rings. The topological polar surface area (TPSA) is 82.4 Å². The van der Waals surface area contributed by atoms with Crippen molar-refractivity contribution >= 4 is 45.0 Å². The molecule has 0 saturated heterocycles. The molecule has 2 heterocycles. The largest absolute Gasteiger partial charge is 0.493 e. The van der Waals surface area contributed by atoms with E-state index in [1.807, 2.05) is 18.2 Å². The number of rotatable bonds is 9. The van der Waals surface area contributed by atoms with Gasteiger partial charge < -0.3 is 19.1 Å². The van der Waals surface area contributed by atoms with Crippen LogP contribution in [-0.4, -0.2) is 44.5 Å². The predicted molar refractivity (Wildman–Crippen MR) is 158 cm³/mol. The summed E-state index contributed by atoms with van der Waals surface area (Å²) in [5.41, 5.74) is 3.24. The summed E-state index contributed by atoms with van der Waals surface area (Å²) in [6, 6.07) is 10.9. The predicted octanol–water partition coefficient (Wildman–Crippen LogP) is 4.42. The summed E-state index contributed by atoms with van der Waals surface area (Å²) in [7, 11) is 3.09. The van der Waals surface area contributed by atoms with Gasteiger partial charge in [0.1, 0.15) is 0 Å². The van der Waals surface area contributed by atoms with E-state index in [9.17, 15) is 9.59 Å². The highest BCUT2D eigenvalue weighted by Crippen LogP contribution is 2.40. The lowest BCUT2D eigenvalue weighted by molar-refractivity contribution is -0.139. The van der Waals surface area contributed by atoms with Crippen LogP contribution in [0.3, 0.4) is 0 Å². The quantitative estimate of drug-likeness (QED) is 0.332. The van der Waals surface area contributed by atoms with Crippen LogP contribution in [0.5, 0.6) is 11.5 Å². The van der Waals surface area contributed by atoms with Crippen molar-refractivity contribution in [2.75, 3.05) is 38.8 Å². The number of aromatic nitrogens is 1. The average molecular weight is 615 g/mol. The van der Waals surface area contributed by atoms with E-state index in [0.29, 0.717) is 42.1 Å². The van der Waals surface area contributed by atoms with Crippen LogP contribution in [-0.2, 0) is 9.53 Å². The van der Waals surface area contributed by atoms with E-state index >= 15 is 0 Å². The molecule has 1 atom stereocenters. The van der Waals surface area contributed by atoms with Gasteiger partial charge in [0.25, 0.3) is 5.56 Å². The molecular formula is C29H32BrN3O5S. The monoisotopic (exact) mass is 613 g/mol. The van der Waals surface area contributed by atoms with E-state index in [0.717, 1.165) is 24.3 Å². The first-order chi connectivity index (χ1) is 18.8.